The lowest BCUT2D eigenvalue weighted by atomic mass is 10.2. The Morgan fingerprint density at radius 3 is 3.21 bits per heavy atom. The SMILES string of the molecule is Clc1cc(OCC2CCCN2)ncn1. The highest BCUT2D eigenvalue weighted by Gasteiger charge is 2.14. The van der Waals surface area contributed by atoms with Crippen molar-refractivity contribution in [1.29, 1.82) is 0 Å². The lowest BCUT2D eigenvalue weighted by Crippen LogP contribution is -2.28. The molecule has 2 rings (SSSR count). The van der Waals surface area contributed by atoms with E-state index in [2.05, 4.69) is 15.3 Å². The number of hydrogen-bond acceptors (Lipinski definition) is 4. The molecule has 5 heteroatoms. The predicted octanol–water partition coefficient (Wildman–Crippen LogP) is 1.26. The predicted molar refractivity (Wildman–Crippen MR) is 53.6 cm³/mol. The number of aromatic nitrogens is 2. The minimum absolute atomic E-state index is 0.411. The highest BCUT2D eigenvalue weighted by atomic mass is 35.5. The standard InChI is InChI=1S/C9H12ClN3O/c10-8-4-9(13-6-12-8)14-5-7-2-1-3-11-7/h4,6-7,11H,1-3,5H2. The van der Waals surface area contributed by atoms with Crippen LogP contribution in [0.3, 0.4) is 0 Å². The zero-order valence-corrected chi connectivity index (χ0v) is 8.50. The second-order valence-electron chi connectivity index (χ2n) is 3.28. The van der Waals surface area contributed by atoms with Crippen LogP contribution in [0.2, 0.25) is 5.15 Å². The summed E-state index contributed by atoms with van der Waals surface area (Å²) in [5.74, 6) is 0.540. The van der Waals surface area contributed by atoms with Gasteiger partial charge in [-0.1, -0.05) is 11.6 Å². The molecule has 1 aliphatic heterocycles. The minimum atomic E-state index is 0.411. The quantitative estimate of drug-likeness (QED) is 0.768. The molecule has 4 nitrogen and oxygen atoms in total. The number of ether oxygens (including phenoxy) is 1. The Hall–Kier alpha value is -0.870. The van der Waals surface area contributed by atoms with E-state index in [0.29, 0.717) is 23.7 Å². The van der Waals surface area contributed by atoms with Crippen LogP contribution >= 0.6 is 11.6 Å². The summed E-state index contributed by atoms with van der Waals surface area (Å²) >= 11 is 5.69. The maximum Gasteiger partial charge on any atom is 0.217 e. The van der Waals surface area contributed by atoms with Gasteiger partial charge in [0.15, 0.2) is 0 Å². The molecule has 0 spiro atoms. The molecule has 0 radical (unpaired) electrons. The summed E-state index contributed by atoms with van der Waals surface area (Å²) in [5.41, 5.74) is 0. The largest absolute Gasteiger partial charge is 0.476 e. The first-order valence-corrected chi connectivity index (χ1v) is 5.06. The van der Waals surface area contributed by atoms with Gasteiger partial charge in [-0.25, -0.2) is 9.97 Å². The Labute approximate surface area is 87.7 Å². The van der Waals surface area contributed by atoms with Crippen molar-refractivity contribution >= 4 is 11.6 Å². The van der Waals surface area contributed by atoms with Crippen LogP contribution in [0, 0.1) is 0 Å². The van der Waals surface area contributed by atoms with E-state index in [1.807, 2.05) is 0 Å². The van der Waals surface area contributed by atoms with Gasteiger partial charge in [-0.05, 0) is 19.4 Å². The first kappa shape index (κ1) is 9.68. The molecule has 0 aromatic carbocycles. The number of rotatable bonds is 3. The lowest BCUT2D eigenvalue weighted by molar-refractivity contribution is 0.267. The zero-order chi connectivity index (χ0) is 9.80. The first-order chi connectivity index (χ1) is 6.84. The number of halogens is 1. The van der Waals surface area contributed by atoms with Gasteiger partial charge in [0.25, 0.3) is 0 Å². The average Bonchev–Trinajstić information content (AvgIpc) is 2.67. The van der Waals surface area contributed by atoms with Crippen LogP contribution in [0.5, 0.6) is 5.88 Å². The van der Waals surface area contributed by atoms with Crippen LogP contribution in [0.1, 0.15) is 12.8 Å². The molecule has 1 N–H and O–H groups in total. The maximum atomic E-state index is 5.69. The summed E-state index contributed by atoms with van der Waals surface area (Å²) in [6.07, 6.45) is 3.79. The Bertz CT molecular complexity index is 302. The van der Waals surface area contributed by atoms with Crippen molar-refractivity contribution in [2.45, 2.75) is 18.9 Å². The summed E-state index contributed by atoms with van der Waals surface area (Å²) < 4.78 is 5.47. The average molecular weight is 214 g/mol. The Kier molecular flexibility index (Phi) is 3.16. The Morgan fingerprint density at radius 2 is 2.50 bits per heavy atom. The van der Waals surface area contributed by atoms with E-state index < -0.39 is 0 Å². The summed E-state index contributed by atoms with van der Waals surface area (Å²) in [6.45, 7) is 1.73. The molecule has 1 unspecified atom stereocenters. The fraction of sp³-hybridized carbons (Fsp3) is 0.556. The minimum Gasteiger partial charge on any atom is -0.476 e. The fourth-order valence-electron chi connectivity index (χ4n) is 1.48. The number of hydrogen-bond donors (Lipinski definition) is 1. The molecule has 1 aliphatic rings. The Balaban J connectivity index is 1.85. The zero-order valence-electron chi connectivity index (χ0n) is 7.74. The molecule has 0 aliphatic carbocycles. The van der Waals surface area contributed by atoms with Crippen molar-refractivity contribution in [3.8, 4) is 5.88 Å². The molecule has 1 atom stereocenters. The van der Waals surface area contributed by atoms with Crippen molar-refractivity contribution in [3.63, 3.8) is 0 Å². The second-order valence-corrected chi connectivity index (χ2v) is 3.67. The van der Waals surface area contributed by atoms with E-state index in [0.717, 1.165) is 6.54 Å². The molecular weight excluding hydrogens is 202 g/mol. The molecule has 1 fully saturated rings. The van der Waals surface area contributed by atoms with E-state index in [-0.39, 0.29) is 0 Å². The highest BCUT2D eigenvalue weighted by molar-refractivity contribution is 6.29. The van der Waals surface area contributed by atoms with E-state index >= 15 is 0 Å². The van der Waals surface area contributed by atoms with Gasteiger partial charge in [-0.3, -0.25) is 0 Å². The highest BCUT2D eigenvalue weighted by Crippen LogP contribution is 2.12. The van der Waals surface area contributed by atoms with E-state index in [1.165, 1.54) is 19.2 Å². The molecule has 0 saturated carbocycles. The van der Waals surface area contributed by atoms with E-state index in [4.69, 9.17) is 16.3 Å². The third-order valence-corrected chi connectivity index (χ3v) is 2.41. The van der Waals surface area contributed by atoms with Crippen molar-refractivity contribution in [2.75, 3.05) is 13.2 Å². The molecule has 0 amide bonds. The number of nitrogens with one attached hydrogen (secondary N) is 1. The molecule has 2 heterocycles. The first-order valence-electron chi connectivity index (χ1n) is 4.68. The summed E-state index contributed by atoms with van der Waals surface area (Å²) in [5, 5.41) is 3.75. The van der Waals surface area contributed by atoms with Gasteiger partial charge < -0.3 is 10.1 Å². The van der Waals surface area contributed by atoms with Crippen LogP contribution in [-0.2, 0) is 0 Å². The summed E-state index contributed by atoms with van der Waals surface area (Å²) in [7, 11) is 0. The molecule has 0 bridgehead atoms. The van der Waals surface area contributed by atoms with Crippen molar-refractivity contribution in [1.82, 2.24) is 15.3 Å². The fourth-order valence-corrected chi connectivity index (χ4v) is 1.62. The van der Waals surface area contributed by atoms with Crippen LogP contribution in [0.4, 0.5) is 0 Å². The van der Waals surface area contributed by atoms with Gasteiger partial charge >= 0.3 is 0 Å². The monoisotopic (exact) mass is 213 g/mol. The third-order valence-electron chi connectivity index (χ3n) is 2.20. The third kappa shape index (κ3) is 2.56. The molecule has 76 valence electrons. The molecule has 1 aromatic rings. The van der Waals surface area contributed by atoms with Crippen LogP contribution in [0.25, 0.3) is 0 Å². The van der Waals surface area contributed by atoms with Gasteiger partial charge in [-0.15, -0.1) is 0 Å². The smallest absolute Gasteiger partial charge is 0.217 e. The summed E-state index contributed by atoms with van der Waals surface area (Å²) in [4.78, 5) is 7.73. The van der Waals surface area contributed by atoms with Crippen molar-refractivity contribution < 1.29 is 4.74 Å². The normalized spacial score (nSPS) is 21.1. The molecule has 14 heavy (non-hydrogen) atoms. The molecule has 1 saturated heterocycles. The van der Waals surface area contributed by atoms with Gasteiger partial charge in [-0.2, -0.15) is 0 Å². The summed E-state index contributed by atoms with van der Waals surface area (Å²) in [6, 6.07) is 2.07. The van der Waals surface area contributed by atoms with E-state index in [1.54, 1.807) is 6.07 Å². The second kappa shape index (κ2) is 4.57. The Morgan fingerprint density at radius 1 is 1.57 bits per heavy atom. The molecule has 1 aromatic heterocycles. The van der Waals surface area contributed by atoms with Crippen molar-refractivity contribution in [2.24, 2.45) is 0 Å². The lowest BCUT2D eigenvalue weighted by Gasteiger charge is -2.10. The topological polar surface area (TPSA) is 47.0 Å². The van der Waals surface area contributed by atoms with Crippen LogP contribution < -0.4 is 10.1 Å². The molecular formula is C9H12ClN3O. The van der Waals surface area contributed by atoms with Gasteiger partial charge in [0.2, 0.25) is 5.88 Å². The van der Waals surface area contributed by atoms with E-state index in [9.17, 15) is 0 Å². The van der Waals surface area contributed by atoms with Crippen LogP contribution in [-0.4, -0.2) is 29.2 Å². The van der Waals surface area contributed by atoms with Gasteiger partial charge in [0.1, 0.15) is 18.1 Å². The van der Waals surface area contributed by atoms with Crippen molar-refractivity contribution in [3.05, 3.63) is 17.5 Å². The van der Waals surface area contributed by atoms with Crippen LogP contribution in [0.15, 0.2) is 12.4 Å². The van der Waals surface area contributed by atoms with Gasteiger partial charge in [0.05, 0.1) is 0 Å². The maximum absolute atomic E-state index is 5.69. The van der Waals surface area contributed by atoms with Gasteiger partial charge in [0, 0.05) is 12.1 Å². The number of nitrogens with zero attached hydrogens (tertiary/aromatic N) is 2.